The summed E-state index contributed by atoms with van der Waals surface area (Å²) in [7, 11) is -3.70. The van der Waals surface area contributed by atoms with Crippen LogP contribution in [-0.4, -0.2) is 19.8 Å². The minimum atomic E-state index is -3.70. The van der Waals surface area contributed by atoms with Gasteiger partial charge in [0, 0.05) is 11.4 Å². The zero-order chi connectivity index (χ0) is 15.0. The fourth-order valence-corrected chi connectivity index (χ4v) is 6.45. The summed E-state index contributed by atoms with van der Waals surface area (Å²) in [5, 5.41) is 0. The molecule has 0 aromatic carbocycles. The molecular weight excluding hydrogens is 361 g/mol. The van der Waals surface area contributed by atoms with Crippen molar-refractivity contribution in [1.82, 2.24) is 4.72 Å². The Morgan fingerprint density at radius 3 is 2.45 bits per heavy atom. The van der Waals surface area contributed by atoms with Crippen LogP contribution in [0.4, 0.5) is 0 Å². The highest BCUT2D eigenvalue weighted by Gasteiger charge is 2.38. The highest BCUT2D eigenvalue weighted by atomic mass is 35.5. The largest absolute Gasteiger partial charge is 0.243 e. The molecule has 1 N–H and O–H groups in total. The Bertz CT molecular complexity index is 578. The first-order valence-corrected chi connectivity index (χ1v) is 9.92. The maximum absolute atomic E-state index is 12.5. The van der Waals surface area contributed by atoms with E-state index in [1.54, 1.807) is 0 Å². The number of alkyl halides is 1. The van der Waals surface area contributed by atoms with E-state index in [1.165, 1.54) is 6.07 Å². The van der Waals surface area contributed by atoms with Gasteiger partial charge in [-0.1, -0.05) is 30.1 Å². The molecule has 1 aliphatic rings. The highest BCUT2D eigenvalue weighted by Crippen LogP contribution is 2.37. The number of nitrogens with one attached hydrogen (secondary N) is 1. The van der Waals surface area contributed by atoms with Crippen LogP contribution in [-0.2, 0) is 10.0 Å². The van der Waals surface area contributed by atoms with E-state index in [4.69, 9.17) is 34.8 Å². The molecule has 0 bridgehead atoms. The lowest BCUT2D eigenvalue weighted by atomic mass is 9.79. The standard InChI is InChI=1S/C12H16Cl3NO2S2/c1-8-2-4-12(7-13,5-3-8)16-20(17,18)9-6-10(14)19-11(9)15/h6,8,16H,2-5,7H2,1H3. The Hall–Kier alpha value is 0.480. The van der Waals surface area contributed by atoms with E-state index in [0.29, 0.717) is 10.3 Å². The van der Waals surface area contributed by atoms with Gasteiger partial charge in [-0.3, -0.25) is 0 Å². The summed E-state index contributed by atoms with van der Waals surface area (Å²) < 4.78 is 28.2. The Morgan fingerprint density at radius 2 is 2.00 bits per heavy atom. The van der Waals surface area contributed by atoms with Crippen molar-refractivity contribution in [3.8, 4) is 0 Å². The molecule has 1 heterocycles. The van der Waals surface area contributed by atoms with Gasteiger partial charge in [0.25, 0.3) is 0 Å². The van der Waals surface area contributed by atoms with E-state index >= 15 is 0 Å². The average molecular weight is 377 g/mol. The molecule has 0 saturated heterocycles. The summed E-state index contributed by atoms with van der Waals surface area (Å²) in [6, 6.07) is 1.38. The van der Waals surface area contributed by atoms with Crippen LogP contribution in [0.2, 0.25) is 8.67 Å². The maximum Gasteiger partial charge on any atom is 0.243 e. The van der Waals surface area contributed by atoms with Crippen LogP contribution in [0.5, 0.6) is 0 Å². The van der Waals surface area contributed by atoms with Crippen molar-refractivity contribution in [3.05, 3.63) is 14.7 Å². The van der Waals surface area contributed by atoms with Gasteiger partial charge in [0.2, 0.25) is 10.0 Å². The van der Waals surface area contributed by atoms with E-state index in [1.807, 2.05) is 0 Å². The quantitative estimate of drug-likeness (QED) is 0.785. The summed E-state index contributed by atoms with van der Waals surface area (Å²) in [5.41, 5.74) is -0.579. The molecular formula is C12H16Cl3NO2S2. The predicted molar refractivity (Wildman–Crippen MR) is 85.7 cm³/mol. The first-order valence-electron chi connectivity index (χ1n) is 6.33. The summed E-state index contributed by atoms with van der Waals surface area (Å²) >= 11 is 18.8. The summed E-state index contributed by atoms with van der Waals surface area (Å²) in [6.45, 7) is 2.17. The second kappa shape index (κ2) is 6.31. The third-order valence-electron chi connectivity index (χ3n) is 3.75. The predicted octanol–water partition coefficient (Wildman–Crippen LogP) is 4.52. The van der Waals surface area contributed by atoms with Crippen LogP contribution >= 0.6 is 46.1 Å². The number of thiophene rings is 1. The minimum Gasteiger partial charge on any atom is -0.207 e. The maximum atomic E-state index is 12.5. The SMILES string of the molecule is CC1CCC(CCl)(NS(=O)(=O)c2cc(Cl)sc2Cl)CC1. The topological polar surface area (TPSA) is 46.2 Å². The zero-order valence-corrected chi connectivity index (χ0v) is 14.9. The lowest BCUT2D eigenvalue weighted by Crippen LogP contribution is -2.51. The molecule has 114 valence electrons. The van der Waals surface area contributed by atoms with Gasteiger partial charge in [-0.2, -0.15) is 0 Å². The number of sulfonamides is 1. The molecule has 1 aliphatic carbocycles. The average Bonchev–Trinajstić information content (AvgIpc) is 2.72. The minimum absolute atomic E-state index is 0.0391. The molecule has 1 saturated carbocycles. The summed E-state index contributed by atoms with van der Waals surface area (Å²) in [5.74, 6) is 0.865. The fraction of sp³-hybridized carbons (Fsp3) is 0.667. The molecule has 0 aliphatic heterocycles. The molecule has 0 radical (unpaired) electrons. The van der Waals surface area contributed by atoms with E-state index in [0.717, 1.165) is 37.0 Å². The Balaban J connectivity index is 2.24. The molecule has 0 amide bonds. The van der Waals surface area contributed by atoms with Crippen molar-refractivity contribution >= 4 is 56.2 Å². The van der Waals surface area contributed by atoms with E-state index < -0.39 is 15.6 Å². The summed E-state index contributed by atoms with van der Waals surface area (Å²) in [6.07, 6.45) is 3.42. The van der Waals surface area contributed by atoms with Gasteiger partial charge in [-0.05, 0) is 37.7 Å². The second-order valence-electron chi connectivity index (χ2n) is 5.39. The molecule has 0 spiro atoms. The highest BCUT2D eigenvalue weighted by molar-refractivity contribution is 7.89. The zero-order valence-electron chi connectivity index (χ0n) is 11.0. The van der Waals surface area contributed by atoms with Gasteiger partial charge in [-0.25, -0.2) is 13.1 Å². The van der Waals surface area contributed by atoms with E-state index in [9.17, 15) is 8.42 Å². The van der Waals surface area contributed by atoms with Crippen molar-refractivity contribution < 1.29 is 8.42 Å². The molecule has 1 fully saturated rings. The number of rotatable bonds is 4. The van der Waals surface area contributed by atoms with E-state index in [2.05, 4.69) is 11.6 Å². The van der Waals surface area contributed by atoms with Crippen LogP contribution in [0.3, 0.4) is 0 Å². The van der Waals surface area contributed by atoms with Crippen molar-refractivity contribution in [2.24, 2.45) is 5.92 Å². The van der Waals surface area contributed by atoms with Crippen molar-refractivity contribution in [3.63, 3.8) is 0 Å². The Morgan fingerprint density at radius 1 is 1.40 bits per heavy atom. The van der Waals surface area contributed by atoms with Crippen molar-refractivity contribution in [2.45, 2.75) is 43.0 Å². The Labute approximate surface area is 138 Å². The molecule has 1 aromatic rings. The van der Waals surface area contributed by atoms with Gasteiger partial charge >= 0.3 is 0 Å². The molecule has 0 unspecified atom stereocenters. The number of halogens is 3. The Kier molecular flexibility index (Phi) is 5.31. The first-order chi connectivity index (χ1) is 9.28. The van der Waals surface area contributed by atoms with Crippen LogP contribution in [0, 0.1) is 5.92 Å². The van der Waals surface area contributed by atoms with Crippen LogP contribution in [0.25, 0.3) is 0 Å². The molecule has 20 heavy (non-hydrogen) atoms. The van der Waals surface area contributed by atoms with Gasteiger partial charge in [0.15, 0.2) is 0 Å². The third-order valence-corrected chi connectivity index (χ3v) is 7.60. The first kappa shape index (κ1) is 16.8. The fourth-order valence-electron chi connectivity index (χ4n) is 2.43. The normalized spacial score (nSPS) is 27.7. The van der Waals surface area contributed by atoms with E-state index in [-0.39, 0.29) is 15.1 Å². The van der Waals surface area contributed by atoms with Gasteiger partial charge in [-0.15, -0.1) is 22.9 Å². The lowest BCUT2D eigenvalue weighted by Gasteiger charge is -2.38. The second-order valence-corrected chi connectivity index (χ2v) is 9.59. The van der Waals surface area contributed by atoms with Gasteiger partial charge < -0.3 is 0 Å². The van der Waals surface area contributed by atoms with Crippen LogP contribution < -0.4 is 4.72 Å². The van der Waals surface area contributed by atoms with Crippen molar-refractivity contribution in [1.29, 1.82) is 0 Å². The monoisotopic (exact) mass is 375 g/mol. The molecule has 3 nitrogen and oxygen atoms in total. The van der Waals surface area contributed by atoms with Gasteiger partial charge in [0.05, 0.1) is 4.34 Å². The molecule has 8 heteroatoms. The third kappa shape index (κ3) is 3.62. The molecule has 1 aromatic heterocycles. The van der Waals surface area contributed by atoms with Gasteiger partial charge in [0.1, 0.15) is 9.23 Å². The summed E-state index contributed by atoms with van der Waals surface area (Å²) in [4.78, 5) is 0.0391. The van der Waals surface area contributed by atoms with Crippen molar-refractivity contribution in [2.75, 3.05) is 5.88 Å². The number of hydrogen-bond acceptors (Lipinski definition) is 3. The number of hydrogen-bond donors (Lipinski definition) is 1. The molecule has 0 atom stereocenters. The lowest BCUT2D eigenvalue weighted by molar-refractivity contribution is 0.247. The molecule has 2 rings (SSSR count). The van der Waals surface area contributed by atoms with Crippen LogP contribution in [0.15, 0.2) is 11.0 Å². The smallest absolute Gasteiger partial charge is 0.207 e. The van der Waals surface area contributed by atoms with Crippen LogP contribution in [0.1, 0.15) is 32.6 Å².